The second kappa shape index (κ2) is 61.1. The minimum Gasteiger partial charge on any atom is -0.477 e. The van der Waals surface area contributed by atoms with Gasteiger partial charge in [0.25, 0.3) is 11.6 Å². The Morgan fingerprint density at radius 2 is 0.782 bits per heavy atom. The van der Waals surface area contributed by atoms with E-state index in [-0.39, 0.29) is 12.3 Å². The van der Waals surface area contributed by atoms with Crippen molar-refractivity contribution in [2.24, 2.45) is 0 Å². The second-order valence-electron chi connectivity index (χ2n) is 36.4. The van der Waals surface area contributed by atoms with Gasteiger partial charge in [0.15, 0.2) is 25.2 Å². The number of hydrogen-bond acceptors (Lipinski definition) is 37. The summed E-state index contributed by atoms with van der Waals surface area (Å²) in [4.78, 5) is 78.6. The minimum atomic E-state index is -3.51. The minimum absolute atomic E-state index is 0.147. The summed E-state index contributed by atoms with van der Waals surface area (Å²) in [7, 11) is 0. The van der Waals surface area contributed by atoms with Crippen LogP contribution in [0.5, 0.6) is 0 Å². The predicted molar refractivity (Wildman–Crippen MR) is 467 cm³/mol. The maximum atomic E-state index is 13.7. The van der Waals surface area contributed by atoms with Gasteiger partial charge < -0.3 is 185 Å². The number of rotatable bonds is 65. The van der Waals surface area contributed by atoms with Gasteiger partial charge in [0, 0.05) is 40.0 Å². The van der Waals surface area contributed by atoms with Gasteiger partial charge in [0.05, 0.1) is 82.7 Å². The molecular weight excluding hydrogens is 1760 g/mol. The number of nitrogens with one attached hydrogen (secondary N) is 4. The van der Waals surface area contributed by atoms with E-state index in [4.69, 9.17) is 56.8 Å². The highest BCUT2D eigenvalue weighted by Gasteiger charge is 2.64. The summed E-state index contributed by atoms with van der Waals surface area (Å²) in [5.74, 6) is -14.5. The van der Waals surface area contributed by atoms with Crippen LogP contribution in [-0.2, 0) is 85.6 Å². The average Bonchev–Trinajstić information content (AvgIpc) is 0.513. The third-order valence-electron chi connectivity index (χ3n) is 25.6. The van der Waals surface area contributed by atoms with Crippen LogP contribution in [0.1, 0.15) is 266 Å². The Kier molecular flexibility index (Phi) is 53.8. The van der Waals surface area contributed by atoms with Crippen molar-refractivity contribution < 1.29 is 193 Å². The zero-order valence-corrected chi connectivity index (χ0v) is 77.8. The molecule has 0 spiro atoms. The molecule has 6 aliphatic heterocycles. The van der Waals surface area contributed by atoms with Crippen molar-refractivity contribution in [3.05, 3.63) is 12.2 Å². The highest BCUT2D eigenvalue weighted by atomic mass is 16.8. The quantitative estimate of drug-likeness (QED) is 0.0243. The van der Waals surface area contributed by atoms with E-state index in [1.807, 2.05) is 6.08 Å². The Bertz CT molecular complexity index is 3310. The van der Waals surface area contributed by atoms with Crippen LogP contribution in [0.2, 0.25) is 0 Å². The summed E-state index contributed by atoms with van der Waals surface area (Å²) >= 11 is 0. The number of hydrogen-bond donors (Lipinski definition) is 25. The van der Waals surface area contributed by atoms with Crippen molar-refractivity contribution in [3.8, 4) is 0 Å². The van der Waals surface area contributed by atoms with Gasteiger partial charge in [-0.15, -0.1) is 0 Å². The number of carboxylic acid groups (broad SMARTS) is 2. The van der Waals surface area contributed by atoms with E-state index < -0.39 is 296 Å². The number of carbonyl (C=O) groups excluding carboxylic acids is 4. The first-order valence-corrected chi connectivity index (χ1v) is 48.2. The highest BCUT2D eigenvalue weighted by Crippen LogP contribution is 2.43. The highest BCUT2D eigenvalue weighted by molar-refractivity contribution is 5.78. The summed E-state index contributed by atoms with van der Waals surface area (Å²) in [5.41, 5.74) is 0. The summed E-state index contributed by atoms with van der Waals surface area (Å²) in [5, 5.41) is 247. The molecule has 6 saturated heterocycles. The lowest BCUT2D eigenvalue weighted by atomic mass is 9.87. The maximum absolute atomic E-state index is 13.7. The van der Waals surface area contributed by atoms with Gasteiger partial charge >= 0.3 is 11.9 Å². The van der Waals surface area contributed by atoms with Gasteiger partial charge in [-0.1, -0.05) is 219 Å². The molecule has 34 atom stereocenters. The molecule has 0 aliphatic carbocycles. The third-order valence-corrected chi connectivity index (χ3v) is 25.6. The molecule has 0 bridgehead atoms. The Hall–Kier alpha value is -4.68. The van der Waals surface area contributed by atoms with Crippen molar-refractivity contribution in [1.82, 2.24) is 21.3 Å². The van der Waals surface area contributed by atoms with Crippen LogP contribution in [0.25, 0.3) is 0 Å². The summed E-state index contributed by atoms with van der Waals surface area (Å²) in [6, 6.07) is -6.84. The van der Waals surface area contributed by atoms with Crippen LogP contribution >= 0.6 is 0 Å². The molecule has 6 aliphatic rings. The Balaban J connectivity index is 1.12. The van der Waals surface area contributed by atoms with Gasteiger partial charge in [-0.25, -0.2) is 9.59 Å². The van der Waals surface area contributed by atoms with Gasteiger partial charge in [-0.2, -0.15) is 0 Å². The first-order chi connectivity index (χ1) is 63.6. The van der Waals surface area contributed by atoms with E-state index in [2.05, 4.69) is 35.1 Å². The number of aliphatic hydroxyl groups is 19. The standard InChI is InChI=1S/C90H160N4O39/c1-6-8-10-12-14-16-18-20-21-22-23-24-25-26-27-29-31-33-35-37-39-41-64(108)94-54(55(104)40-38-36-34-32-30-28-19-17-15-13-11-9-7-2)50-122-84-74(115)73(114)78(63(49-100)126-84)128-85-75(116)81(69(110)59(45-96)123-85)129-83-67(93-53(5)103)72(113)77(62(48-99)125-83)127-86-76(117)82(70(111)60(46-97)124-86)133-90(88(120)121)43-57(106)66(92-52(4)102)80(132-90)71(112)61(47-98)130-89(87(118)119)42-56(105)65(91-51(3)101)79(131-89)68(109)58(107)44-95/h38,40,54-63,65-86,95-100,104-107,109-117H,6-37,39,41-50H2,1-5H3,(H,91,101)(H,92,102)(H,93,103)(H,94,108)(H,118,119)(H,120,121)/b40-38+/t54-,55+,56?,57?,58+,59?,60?,61+,62?,63?,65+,66+,67?,68+,69-,70-,71+,72+,73+,74?,75?,76?,77+,78+,79?,80?,81-,82-,83-,84+,85-,86-,89+,90-/m0/s1. The van der Waals surface area contributed by atoms with Crippen LogP contribution in [-0.4, -0.2) is 396 Å². The van der Waals surface area contributed by atoms with Crippen molar-refractivity contribution in [3.63, 3.8) is 0 Å². The fourth-order valence-corrected chi connectivity index (χ4v) is 18.0. The van der Waals surface area contributed by atoms with E-state index >= 15 is 0 Å². The van der Waals surface area contributed by atoms with Gasteiger partial charge in [0.2, 0.25) is 23.6 Å². The second-order valence-corrected chi connectivity index (χ2v) is 36.4. The molecule has 774 valence electrons. The van der Waals surface area contributed by atoms with Crippen molar-refractivity contribution >= 4 is 35.6 Å². The first kappa shape index (κ1) is 117. The maximum Gasteiger partial charge on any atom is 0.364 e. The number of ether oxygens (including phenoxy) is 12. The van der Waals surface area contributed by atoms with E-state index in [1.54, 1.807) is 6.08 Å². The average molecular weight is 1920 g/mol. The molecule has 0 radical (unpaired) electrons. The van der Waals surface area contributed by atoms with Gasteiger partial charge in [-0.3, -0.25) is 19.2 Å². The first-order valence-electron chi connectivity index (χ1n) is 48.2. The lowest BCUT2D eigenvalue weighted by Gasteiger charge is -2.52. The Morgan fingerprint density at radius 3 is 1.21 bits per heavy atom. The molecule has 0 saturated carbocycles. The number of amides is 4. The number of aliphatic hydroxyl groups excluding tert-OH is 19. The SMILES string of the molecule is CCCCCCCCCCCCC/C=C/[C@@H](O)[C@H](CO[C@@H]1OC(CO)[C@@H](O[C@@H]2OC(CO)[C@H](O)[C@H](O[C@@H]3OC(CO)[C@@H](O[C@@H]4OC(CO)[C@H](O)[C@H](O[C@]5(C(=O)O)CC(O)[C@@H](NC(C)=O)C([C@H](O)[C@@H](CO)O[C@]6(C(=O)O)CC(O)[C@@H](NC(C)=O)C([C@H](O)[C@H](O)CO)O6)O5)C4O)[C@H](O)C3NC(C)=O)C2O)[C@H](O)C1O)NC(=O)CCCCCCCCCCCCCCCCCCCCCCC. The molecule has 0 aromatic carbocycles. The van der Waals surface area contributed by atoms with Crippen molar-refractivity contribution in [1.29, 1.82) is 0 Å². The zero-order valence-electron chi connectivity index (χ0n) is 77.8. The van der Waals surface area contributed by atoms with E-state index in [0.29, 0.717) is 12.8 Å². The lowest BCUT2D eigenvalue weighted by molar-refractivity contribution is -0.391. The lowest BCUT2D eigenvalue weighted by Crippen LogP contribution is -2.72. The molecule has 6 heterocycles. The number of allylic oxidation sites excluding steroid dienone is 1. The predicted octanol–water partition coefficient (Wildman–Crippen LogP) is -1.53. The monoisotopic (exact) mass is 1920 g/mol. The molecule has 25 N–H and O–H groups in total. The van der Waals surface area contributed by atoms with E-state index in [1.165, 1.54) is 141 Å². The zero-order chi connectivity index (χ0) is 98.1. The van der Waals surface area contributed by atoms with Crippen LogP contribution < -0.4 is 21.3 Å². The summed E-state index contributed by atoms with van der Waals surface area (Å²) < 4.78 is 70.7. The van der Waals surface area contributed by atoms with Crippen molar-refractivity contribution in [2.75, 3.05) is 46.2 Å². The van der Waals surface area contributed by atoms with Crippen LogP contribution in [0.15, 0.2) is 12.2 Å². The third kappa shape index (κ3) is 35.8. The van der Waals surface area contributed by atoms with Crippen LogP contribution in [0.4, 0.5) is 0 Å². The molecule has 0 aromatic heterocycles. The van der Waals surface area contributed by atoms with Crippen molar-refractivity contribution in [2.45, 2.75) is 473 Å². The number of carbonyl (C=O) groups is 6. The van der Waals surface area contributed by atoms with Crippen LogP contribution in [0.3, 0.4) is 0 Å². The molecule has 4 amide bonds. The number of unbranched alkanes of at least 4 members (excludes halogenated alkanes) is 31. The molecule has 133 heavy (non-hydrogen) atoms. The smallest absolute Gasteiger partial charge is 0.364 e. The molecule has 6 rings (SSSR count). The molecule has 0 aromatic rings. The molecule has 43 nitrogen and oxygen atoms in total. The van der Waals surface area contributed by atoms with Crippen LogP contribution in [0, 0.1) is 0 Å². The molecule has 43 heteroatoms. The topological polar surface area (TPSA) is 686 Å². The largest absolute Gasteiger partial charge is 0.477 e. The van der Waals surface area contributed by atoms with Gasteiger partial charge in [0.1, 0.15) is 134 Å². The number of carboxylic acids is 2. The number of aliphatic carboxylic acids is 2. The fourth-order valence-electron chi connectivity index (χ4n) is 18.0. The summed E-state index contributed by atoms with van der Waals surface area (Å²) in [6.07, 6.45) is -20.6. The summed E-state index contributed by atoms with van der Waals surface area (Å²) in [6.45, 7) is -0.483. The molecule has 6 fully saturated rings. The Morgan fingerprint density at radius 1 is 0.406 bits per heavy atom. The van der Waals surface area contributed by atoms with E-state index in [9.17, 15) is 136 Å². The molecular formula is C90H160N4O39. The molecule has 12 unspecified atom stereocenters. The Labute approximate surface area is 778 Å². The normalized spacial score (nSPS) is 34.1. The van der Waals surface area contributed by atoms with E-state index in [0.717, 1.165) is 78.6 Å². The fraction of sp³-hybridized carbons (Fsp3) is 0.911. The van der Waals surface area contributed by atoms with Gasteiger partial charge in [-0.05, 0) is 19.3 Å².